The molecule has 0 bridgehead atoms. The Morgan fingerprint density at radius 2 is 1.92 bits per heavy atom. The van der Waals surface area contributed by atoms with E-state index in [1.54, 1.807) is 0 Å². The van der Waals surface area contributed by atoms with Gasteiger partial charge in [-0.15, -0.1) is 0 Å². The van der Waals surface area contributed by atoms with Crippen molar-refractivity contribution in [1.29, 1.82) is 0 Å². The van der Waals surface area contributed by atoms with Gasteiger partial charge < -0.3 is 5.11 Å². The number of benzene rings is 1. The van der Waals surface area contributed by atoms with Gasteiger partial charge in [0.25, 0.3) is 0 Å². The maximum atomic E-state index is 9.23. The van der Waals surface area contributed by atoms with Crippen LogP contribution in [0, 0.1) is 13.8 Å². The Balaban J connectivity index is 2.21. The van der Waals surface area contributed by atoms with Crippen molar-refractivity contribution in [3.63, 3.8) is 0 Å². The predicted molar refractivity (Wildman–Crippen MR) is 53.9 cm³/mol. The topological polar surface area (TPSA) is 20.2 Å². The summed E-state index contributed by atoms with van der Waals surface area (Å²) >= 11 is 0. The largest absolute Gasteiger partial charge is 0.393 e. The number of rotatable bonds is 1. The van der Waals surface area contributed by atoms with Crippen molar-refractivity contribution >= 4 is 0 Å². The van der Waals surface area contributed by atoms with E-state index in [1.807, 2.05) is 0 Å². The summed E-state index contributed by atoms with van der Waals surface area (Å²) in [5.41, 5.74) is 4.12. The summed E-state index contributed by atoms with van der Waals surface area (Å²) in [4.78, 5) is 0. The highest BCUT2D eigenvalue weighted by atomic mass is 16.3. The van der Waals surface area contributed by atoms with Crippen molar-refractivity contribution in [1.82, 2.24) is 0 Å². The van der Waals surface area contributed by atoms with Crippen LogP contribution in [-0.2, 0) is 0 Å². The van der Waals surface area contributed by atoms with Gasteiger partial charge in [0, 0.05) is 0 Å². The molecule has 1 saturated carbocycles. The first-order valence-electron chi connectivity index (χ1n) is 4.92. The van der Waals surface area contributed by atoms with Crippen LogP contribution >= 0.6 is 0 Å². The Kier molecular flexibility index (Phi) is 2.12. The van der Waals surface area contributed by atoms with Gasteiger partial charge in [-0.25, -0.2) is 0 Å². The lowest BCUT2D eigenvalue weighted by Crippen LogP contribution is -2.26. The number of aliphatic hydroxyl groups excluding tert-OH is 1. The number of aryl methyl sites for hydroxylation is 2. The summed E-state index contributed by atoms with van der Waals surface area (Å²) in [5, 5.41) is 9.23. The average Bonchev–Trinajstić information content (AvgIpc) is 2.00. The van der Waals surface area contributed by atoms with Crippen molar-refractivity contribution in [2.24, 2.45) is 0 Å². The van der Waals surface area contributed by atoms with Crippen LogP contribution in [0.2, 0.25) is 0 Å². The van der Waals surface area contributed by atoms with Gasteiger partial charge in [0.1, 0.15) is 0 Å². The van der Waals surface area contributed by atoms with E-state index in [2.05, 4.69) is 32.0 Å². The first kappa shape index (κ1) is 8.76. The fraction of sp³-hybridized carbons (Fsp3) is 0.500. The summed E-state index contributed by atoms with van der Waals surface area (Å²) in [6.45, 7) is 4.28. The van der Waals surface area contributed by atoms with Crippen molar-refractivity contribution in [3.8, 4) is 0 Å². The molecule has 1 aliphatic rings. The molecule has 1 fully saturated rings. The molecule has 0 amide bonds. The molecule has 0 heterocycles. The van der Waals surface area contributed by atoms with E-state index in [-0.39, 0.29) is 6.10 Å². The van der Waals surface area contributed by atoms with Crippen LogP contribution in [0.5, 0.6) is 0 Å². The molecule has 1 aromatic carbocycles. The zero-order chi connectivity index (χ0) is 9.42. The highest BCUT2D eigenvalue weighted by molar-refractivity contribution is 5.34. The normalized spacial score (nSPS) is 27.0. The van der Waals surface area contributed by atoms with Crippen molar-refractivity contribution in [2.45, 2.75) is 38.7 Å². The number of aliphatic hydroxyl groups is 1. The molecule has 1 aromatic rings. The van der Waals surface area contributed by atoms with Gasteiger partial charge in [-0.1, -0.05) is 23.8 Å². The van der Waals surface area contributed by atoms with Gasteiger partial charge >= 0.3 is 0 Å². The summed E-state index contributed by atoms with van der Waals surface area (Å²) in [7, 11) is 0. The lowest BCUT2D eigenvalue weighted by atomic mass is 9.76. The van der Waals surface area contributed by atoms with Crippen LogP contribution in [0.3, 0.4) is 0 Å². The highest BCUT2D eigenvalue weighted by Crippen LogP contribution is 2.38. The smallest absolute Gasteiger partial charge is 0.0552 e. The van der Waals surface area contributed by atoms with Gasteiger partial charge in [0.05, 0.1) is 6.10 Å². The second-order valence-electron chi connectivity index (χ2n) is 4.18. The van der Waals surface area contributed by atoms with Crippen LogP contribution in [0.1, 0.15) is 35.4 Å². The maximum Gasteiger partial charge on any atom is 0.0552 e. The summed E-state index contributed by atoms with van der Waals surface area (Å²) < 4.78 is 0. The Labute approximate surface area is 79.4 Å². The van der Waals surface area contributed by atoms with E-state index in [0.717, 1.165) is 12.8 Å². The first-order valence-corrected chi connectivity index (χ1v) is 4.92. The van der Waals surface area contributed by atoms with Crippen molar-refractivity contribution in [2.75, 3.05) is 0 Å². The molecule has 1 heteroatoms. The van der Waals surface area contributed by atoms with Crippen LogP contribution in [-0.4, -0.2) is 11.2 Å². The van der Waals surface area contributed by atoms with Crippen molar-refractivity contribution < 1.29 is 5.11 Å². The van der Waals surface area contributed by atoms with Gasteiger partial charge in [-0.3, -0.25) is 0 Å². The van der Waals surface area contributed by atoms with Crippen LogP contribution < -0.4 is 0 Å². The maximum absolute atomic E-state index is 9.23. The Hall–Kier alpha value is -0.820. The van der Waals surface area contributed by atoms with E-state index in [9.17, 15) is 5.11 Å². The molecule has 2 rings (SSSR count). The minimum absolute atomic E-state index is 0.0503. The molecule has 0 aliphatic heterocycles. The molecule has 0 aromatic heterocycles. The molecular formula is C12H16O. The van der Waals surface area contributed by atoms with Gasteiger partial charge in [-0.05, 0) is 43.7 Å². The lowest BCUT2D eigenvalue weighted by Gasteiger charge is -2.32. The fourth-order valence-electron chi connectivity index (χ4n) is 2.13. The number of hydrogen-bond acceptors (Lipinski definition) is 1. The Bertz CT molecular complexity index is 311. The van der Waals surface area contributed by atoms with E-state index in [0.29, 0.717) is 5.92 Å². The fourth-order valence-corrected chi connectivity index (χ4v) is 2.13. The summed E-state index contributed by atoms with van der Waals surface area (Å²) in [5.74, 6) is 0.607. The molecular weight excluding hydrogens is 160 g/mol. The average molecular weight is 176 g/mol. The third-order valence-electron chi connectivity index (χ3n) is 2.98. The zero-order valence-corrected chi connectivity index (χ0v) is 8.25. The Morgan fingerprint density at radius 3 is 2.46 bits per heavy atom. The molecule has 0 saturated heterocycles. The first-order chi connectivity index (χ1) is 6.16. The Morgan fingerprint density at radius 1 is 1.23 bits per heavy atom. The lowest BCUT2D eigenvalue weighted by molar-refractivity contribution is 0.0744. The molecule has 0 atom stereocenters. The van der Waals surface area contributed by atoms with Crippen molar-refractivity contribution in [3.05, 3.63) is 34.9 Å². The van der Waals surface area contributed by atoms with E-state index >= 15 is 0 Å². The molecule has 1 nitrogen and oxygen atoms in total. The second-order valence-corrected chi connectivity index (χ2v) is 4.18. The van der Waals surface area contributed by atoms with Gasteiger partial charge in [0.2, 0.25) is 0 Å². The zero-order valence-electron chi connectivity index (χ0n) is 8.25. The summed E-state index contributed by atoms with van der Waals surface area (Å²) in [6.07, 6.45) is 1.85. The van der Waals surface area contributed by atoms with Gasteiger partial charge in [0.15, 0.2) is 0 Å². The quantitative estimate of drug-likeness (QED) is 0.697. The third-order valence-corrected chi connectivity index (χ3v) is 2.98. The standard InChI is InChI=1S/C12H16O/c1-8-3-4-12(9(2)5-8)10-6-11(13)7-10/h3-5,10-11,13H,6-7H2,1-2H3/t10-,11+. The van der Waals surface area contributed by atoms with Crippen LogP contribution in [0.4, 0.5) is 0 Å². The third kappa shape index (κ3) is 1.61. The predicted octanol–water partition coefficient (Wildman–Crippen LogP) is 2.54. The van der Waals surface area contributed by atoms with Crippen LogP contribution in [0.25, 0.3) is 0 Å². The second kappa shape index (κ2) is 3.15. The van der Waals surface area contributed by atoms with E-state index < -0.39 is 0 Å². The minimum Gasteiger partial charge on any atom is -0.393 e. The molecule has 1 N–H and O–H groups in total. The van der Waals surface area contributed by atoms with E-state index in [1.165, 1.54) is 16.7 Å². The van der Waals surface area contributed by atoms with Crippen LogP contribution in [0.15, 0.2) is 18.2 Å². The van der Waals surface area contributed by atoms with E-state index in [4.69, 9.17) is 0 Å². The SMILES string of the molecule is Cc1ccc([C@H]2C[C@@H](O)C2)c(C)c1. The highest BCUT2D eigenvalue weighted by Gasteiger charge is 2.29. The number of hydrogen-bond donors (Lipinski definition) is 1. The molecule has 0 radical (unpaired) electrons. The monoisotopic (exact) mass is 176 g/mol. The molecule has 70 valence electrons. The molecule has 0 unspecified atom stereocenters. The summed E-state index contributed by atoms with van der Waals surface area (Å²) in [6, 6.07) is 6.59. The molecule has 1 aliphatic carbocycles. The minimum atomic E-state index is -0.0503. The molecule has 0 spiro atoms. The van der Waals surface area contributed by atoms with Gasteiger partial charge in [-0.2, -0.15) is 0 Å². The molecule has 13 heavy (non-hydrogen) atoms.